The fourth-order valence-electron chi connectivity index (χ4n) is 2.27. The van der Waals surface area contributed by atoms with Crippen LogP contribution in [0.25, 0.3) is 0 Å². The number of carbonyl (C=O) groups is 2. The number of rotatable bonds is 4. The van der Waals surface area contributed by atoms with Crippen LogP contribution in [-0.2, 0) is 9.59 Å². The molecule has 6 nitrogen and oxygen atoms in total. The van der Waals surface area contributed by atoms with Crippen molar-refractivity contribution in [3.63, 3.8) is 0 Å². The summed E-state index contributed by atoms with van der Waals surface area (Å²) >= 11 is 3.38. The van der Waals surface area contributed by atoms with Gasteiger partial charge in [-0.2, -0.15) is 5.26 Å². The Balaban J connectivity index is 2.31. The number of amides is 2. The molecule has 0 bridgehead atoms. The van der Waals surface area contributed by atoms with Gasteiger partial charge in [0.2, 0.25) is 5.91 Å². The van der Waals surface area contributed by atoms with Crippen LogP contribution in [0.15, 0.2) is 58.7 Å². The van der Waals surface area contributed by atoms with Crippen LogP contribution in [-0.4, -0.2) is 11.8 Å². The highest BCUT2D eigenvalue weighted by Crippen LogP contribution is 2.21. The average Bonchev–Trinajstić information content (AvgIpc) is 2.58. The van der Waals surface area contributed by atoms with Gasteiger partial charge in [-0.15, -0.1) is 0 Å². The van der Waals surface area contributed by atoms with E-state index in [9.17, 15) is 14.9 Å². The molecule has 2 aromatic carbocycles. The van der Waals surface area contributed by atoms with Gasteiger partial charge < -0.3 is 11.1 Å². The van der Waals surface area contributed by atoms with E-state index in [1.807, 2.05) is 31.2 Å². The summed E-state index contributed by atoms with van der Waals surface area (Å²) in [5.74, 6) is -1.22. The molecule has 0 aliphatic carbocycles. The second-order valence-electron chi connectivity index (χ2n) is 5.52. The Hall–Kier alpha value is -3.11. The van der Waals surface area contributed by atoms with Gasteiger partial charge in [0.15, 0.2) is 0 Å². The van der Waals surface area contributed by atoms with Gasteiger partial charge >= 0.3 is 0 Å². The van der Waals surface area contributed by atoms with Crippen molar-refractivity contribution in [1.29, 1.82) is 5.26 Å². The largest absolute Gasteiger partial charge is 0.399 e. The lowest BCUT2D eigenvalue weighted by molar-refractivity contribution is -0.123. The quantitative estimate of drug-likeness (QED) is 0.452. The second kappa shape index (κ2) is 8.32. The Bertz CT molecular complexity index is 914. The Morgan fingerprint density at radius 1 is 1.23 bits per heavy atom. The zero-order valence-corrected chi connectivity index (χ0v) is 15.9. The van der Waals surface area contributed by atoms with E-state index in [0.29, 0.717) is 11.4 Å². The van der Waals surface area contributed by atoms with Crippen LogP contribution in [0.1, 0.15) is 12.5 Å². The standard InChI is InChI=1S/C19H17BrN4O2/c1-12-9-15(20)3-8-18(12)23-11-14(10-21)19(26)24(13(2)25)17-6-4-16(22)5-7-17/h3-9,11,23H,22H2,1-2H3/b14-11-. The minimum absolute atomic E-state index is 0.195. The van der Waals surface area contributed by atoms with E-state index in [0.717, 1.165) is 20.6 Å². The lowest BCUT2D eigenvalue weighted by Crippen LogP contribution is -2.36. The number of imide groups is 1. The molecule has 26 heavy (non-hydrogen) atoms. The molecule has 2 rings (SSSR count). The highest BCUT2D eigenvalue weighted by Gasteiger charge is 2.23. The van der Waals surface area contributed by atoms with Crippen molar-refractivity contribution in [2.75, 3.05) is 16.0 Å². The number of hydrogen-bond acceptors (Lipinski definition) is 5. The molecule has 132 valence electrons. The first-order valence-corrected chi connectivity index (χ1v) is 8.46. The summed E-state index contributed by atoms with van der Waals surface area (Å²) in [4.78, 5) is 25.6. The third-order valence-corrected chi connectivity index (χ3v) is 4.07. The lowest BCUT2D eigenvalue weighted by atomic mass is 10.2. The number of halogens is 1. The summed E-state index contributed by atoms with van der Waals surface area (Å²) < 4.78 is 0.923. The smallest absolute Gasteiger partial charge is 0.277 e. The zero-order valence-electron chi connectivity index (χ0n) is 14.3. The van der Waals surface area contributed by atoms with E-state index in [4.69, 9.17) is 5.73 Å². The number of nitriles is 1. The fourth-order valence-corrected chi connectivity index (χ4v) is 2.74. The van der Waals surface area contributed by atoms with Crippen LogP contribution >= 0.6 is 15.9 Å². The van der Waals surface area contributed by atoms with Crippen molar-refractivity contribution in [2.24, 2.45) is 0 Å². The number of nitrogens with two attached hydrogens (primary N) is 1. The predicted octanol–water partition coefficient (Wildman–Crippen LogP) is 3.74. The molecule has 0 aliphatic heterocycles. The maximum Gasteiger partial charge on any atom is 0.277 e. The van der Waals surface area contributed by atoms with Crippen LogP contribution in [0.3, 0.4) is 0 Å². The van der Waals surface area contributed by atoms with E-state index in [-0.39, 0.29) is 5.57 Å². The zero-order chi connectivity index (χ0) is 19.3. The molecular formula is C19H17BrN4O2. The highest BCUT2D eigenvalue weighted by molar-refractivity contribution is 9.10. The van der Waals surface area contributed by atoms with E-state index >= 15 is 0 Å². The van der Waals surface area contributed by atoms with Crippen LogP contribution in [0.5, 0.6) is 0 Å². The molecule has 2 amide bonds. The predicted molar refractivity (Wildman–Crippen MR) is 105 cm³/mol. The van der Waals surface area contributed by atoms with Gasteiger partial charge in [0.25, 0.3) is 5.91 Å². The van der Waals surface area contributed by atoms with E-state index < -0.39 is 11.8 Å². The molecule has 0 aromatic heterocycles. The number of carbonyl (C=O) groups excluding carboxylic acids is 2. The molecule has 0 unspecified atom stereocenters. The van der Waals surface area contributed by atoms with E-state index in [1.165, 1.54) is 13.1 Å². The van der Waals surface area contributed by atoms with Gasteiger partial charge in [-0.25, -0.2) is 4.90 Å². The van der Waals surface area contributed by atoms with Crippen LogP contribution in [0.4, 0.5) is 17.1 Å². The molecule has 3 N–H and O–H groups in total. The monoisotopic (exact) mass is 412 g/mol. The minimum atomic E-state index is -0.716. The topological polar surface area (TPSA) is 99.2 Å². The van der Waals surface area contributed by atoms with E-state index in [1.54, 1.807) is 24.3 Å². The average molecular weight is 413 g/mol. The summed E-state index contributed by atoms with van der Waals surface area (Å²) in [5, 5.41) is 12.3. The molecule has 0 fully saturated rings. The molecule has 0 spiro atoms. The fraction of sp³-hybridized carbons (Fsp3) is 0.105. The second-order valence-corrected chi connectivity index (χ2v) is 6.44. The van der Waals surface area contributed by atoms with E-state index in [2.05, 4.69) is 21.2 Å². The maximum atomic E-state index is 12.7. The van der Waals surface area contributed by atoms with Gasteiger partial charge in [-0.3, -0.25) is 9.59 Å². The number of anilines is 3. The third-order valence-electron chi connectivity index (χ3n) is 3.58. The highest BCUT2D eigenvalue weighted by atomic mass is 79.9. The molecule has 0 atom stereocenters. The number of aryl methyl sites for hydroxylation is 1. The van der Waals surface area contributed by atoms with Crippen molar-refractivity contribution in [2.45, 2.75) is 13.8 Å². The first-order chi connectivity index (χ1) is 12.3. The molecule has 0 radical (unpaired) electrons. The maximum absolute atomic E-state index is 12.7. The Kier molecular flexibility index (Phi) is 6.15. The van der Waals surface area contributed by atoms with Crippen molar-refractivity contribution >= 4 is 44.8 Å². The van der Waals surface area contributed by atoms with Crippen LogP contribution in [0.2, 0.25) is 0 Å². The summed E-state index contributed by atoms with van der Waals surface area (Å²) in [6.07, 6.45) is 1.30. The third kappa shape index (κ3) is 4.49. The number of nitrogens with zero attached hydrogens (tertiary/aromatic N) is 2. The van der Waals surface area contributed by atoms with Crippen molar-refractivity contribution in [3.05, 3.63) is 64.3 Å². The molecule has 0 saturated carbocycles. The lowest BCUT2D eigenvalue weighted by Gasteiger charge is -2.19. The molecule has 0 saturated heterocycles. The SMILES string of the molecule is CC(=O)N(C(=O)/C(C#N)=C\Nc1ccc(Br)cc1C)c1ccc(N)cc1. The van der Waals surface area contributed by atoms with Crippen LogP contribution < -0.4 is 16.0 Å². The molecule has 7 heteroatoms. The molecule has 0 heterocycles. The number of nitrogen functional groups attached to an aromatic ring is 1. The number of benzene rings is 2. The Morgan fingerprint density at radius 3 is 2.42 bits per heavy atom. The minimum Gasteiger partial charge on any atom is -0.399 e. The number of nitrogens with one attached hydrogen (secondary N) is 1. The van der Waals surface area contributed by atoms with Crippen molar-refractivity contribution in [1.82, 2.24) is 0 Å². The van der Waals surface area contributed by atoms with Crippen molar-refractivity contribution in [3.8, 4) is 6.07 Å². The van der Waals surface area contributed by atoms with Gasteiger partial charge in [0.1, 0.15) is 11.6 Å². The van der Waals surface area contributed by atoms with Gasteiger partial charge in [-0.05, 0) is 55.0 Å². The van der Waals surface area contributed by atoms with Gasteiger partial charge in [0, 0.05) is 29.0 Å². The Morgan fingerprint density at radius 2 is 1.88 bits per heavy atom. The van der Waals surface area contributed by atoms with Crippen molar-refractivity contribution < 1.29 is 9.59 Å². The molecule has 0 aliphatic rings. The normalized spacial score (nSPS) is 10.8. The number of hydrogen-bond donors (Lipinski definition) is 2. The first-order valence-electron chi connectivity index (χ1n) is 7.67. The Labute approximate surface area is 160 Å². The summed E-state index contributed by atoms with van der Waals surface area (Å²) in [6, 6.07) is 13.7. The summed E-state index contributed by atoms with van der Waals surface area (Å²) in [6.45, 7) is 3.15. The summed E-state index contributed by atoms with van der Waals surface area (Å²) in [5.41, 5.74) is 7.97. The van der Waals surface area contributed by atoms with Gasteiger partial charge in [0.05, 0.1) is 5.69 Å². The first kappa shape index (κ1) is 19.2. The molecular weight excluding hydrogens is 396 g/mol. The summed E-state index contributed by atoms with van der Waals surface area (Å²) in [7, 11) is 0. The van der Waals surface area contributed by atoms with Gasteiger partial charge in [-0.1, -0.05) is 15.9 Å². The van der Waals surface area contributed by atoms with Crippen LogP contribution in [0, 0.1) is 18.3 Å². The molecule has 2 aromatic rings.